The van der Waals surface area contributed by atoms with Crippen molar-refractivity contribution in [3.8, 4) is 17.2 Å². The molecular weight excluding hydrogens is 530 g/mol. The molecule has 3 aromatic rings. The first kappa shape index (κ1) is 30.6. The summed E-state index contributed by atoms with van der Waals surface area (Å²) in [6.07, 6.45) is 0.692. The van der Waals surface area contributed by atoms with Gasteiger partial charge in [0, 0.05) is 36.4 Å². The number of anilines is 2. The number of ether oxygens (including phenoxy) is 2. The fourth-order valence-electron chi connectivity index (χ4n) is 4.21. The Hall–Kier alpha value is -3.92. The van der Waals surface area contributed by atoms with Crippen LogP contribution in [0.3, 0.4) is 0 Å². The van der Waals surface area contributed by atoms with Crippen LogP contribution in [0.15, 0.2) is 71.6 Å². The van der Waals surface area contributed by atoms with E-state index in [1.165, 1.54) is 19.2 Å². The molecule has 9 nitrogen and oxygen atoms in total. The lowest BCUT2D eigenvalue weighted by molar-refractivity contribution is 0.186. The number of benzene rings is 3. The zero-order valence-corrected chi connectivity index (χ0v) is 24.8. The van der Waals surface area contributed by atoms with E-state index in [9.17, 15) is 13.2 Å². The Morgan fingerprint density at radius 1 is 0.900 bits per heavy atom. The molecule has 216 valence electrons. The third kappa shape index (κ3) is 7.38. The number of urea groups is 1. The summed E-state index contributed by atoms with van der Waals surface area (Å²) in [4.78, 5) is 17.3. The van der Waals surface area contributed by atoms with Crippen molar-refractivity contribution in [3.63, 3.8) is 0 Å². The molecule has 0 saturated heterocycles. The Morgan fingerprint density at radius 3 is 2.17 bits per heavy atom. The monoisotopic (exact) mass is 569 g/mol. The number of nitrogens with zero attached hydrogens (tertiary/aromatic N) is 2. The number of rotatable bonds is 13. The largest absolute Gasteiger partial charge is 0.497 e. The van der Waals surface area contributed by atoms with Crippen LogP contribution in [0.4, 0.5) is 16.2 Å². The number of para-hydroxylation sites is 2. The van der Waals surface area contributed by atoms with E-state index in [1.54, 1.807) is 42.3 Å². The minimum atomic E-state index is -4.17. The first-order valence-electron chi connectivity index (χ1n) is 13.3. The molecule has 0 bridgehead atoms. The molecule has 0 saturated carbocycles. The Bertz CT molecular complexity index is 1370. The molecule has 0 heterocycles. The quantitative estimate of drug-likeness (QED) is 0.247. The van der Waals surface area contributed by atoms with Gasteiger partial charge in [0.05, 0.1) is 26.5 Å². The standard InChI is InChI=1S/C30H39N3O6S/c1-7-22(4)33(30(34)31-27-12-10-11-13-28(27)38-6)21-23-14-15-24(32(8-2)9-3)20-29(23)39-40(35,36)26-18-16-25(37-5)17-19-26/h10-20,22H,7-9,21H2,1-6H3,(H,31,34)/t22-/m1/s1. The molecule has 0 unspecified atom stereocenters. The summed E-state index contributed by atoms with van der Waals surface area (Å²) in [5, 5.41) is 2.93. The van der Waals surface area contributed by atoms with Gasteiger partial charge in [0.25, 0.3) is 0 Å². The average Bonchev–Trinajstić information content (AvgIpc) is 2.97. The SMILES string of the molecule is CC[C@@H](C)N(Cc1ccc(N(CC)CC)cc1OS(=O)(=O)c1ccc(OC)cc1)C(=O)Nc1ccccc1OC. The van der Waals surface area contributed by atoms with Crippen LogP contribution in [0.5, 0.6) is 17.2 Å². The Balaban J connectivity index is 2.00. The van der Waals surface area contributed by atoms with Gasteiger partial charge in [-0.05, 0) is 69.7 Å². The van der Waals surface area contributed by atoms with Gasteiger partial charge < -0.3 is 28.8 Å². The number of amides is 2. The van der Waals surface area contributed by atoms with Crippen molar-refractivity contribution < 1.29 is 26.9 Å². The highest BCUT2D eigenvalue weighted by Crippen LogP contribution is 2.31. The maximum Gasteiger partial charge on any atom is 0.339 e. The zero-order valence-electron chi connectivity index (χ0n) is 24.0. The molecule has 3 aromatic carbocycles. The summed E-state index contributed by atoms with van der Waals surface area (Å²) in [5.74, 6) is 1.24. The molecule has 3 rings (SSSR count). The molecule has 0 aliphatic heterocycles. The molecule has 0 fully saturated rings. The summed E-state index contributed by atoms with van der Waals surface area (Å²) in [6.45, 7) is 9.59. The minimum Gasteiger partial charge on any atom is -0.497 e. The van der Waals surface area contributed by atoms with Crippen molar-refractivity contribution in [3.05, 3.63) is 72.3 Å². The minimum absolute atomic E-state index is 0.000176. The normalized spacial score (nSPS) is 11.8. The van der Waals surface area contributed by atoms with Crippen molar-refractivity contribution in [2.24, 2.45) is 0 Å². The van der Waals surface area contributed by atoms with E-state index in [-0.39, 0.29) is 29.3 Å². The Labute approximate surface area is 237 Å². The third-order valence-electron chi connectivity index (χ3n) is 6.80. The van der Waals surface area contributed by atoms with Gasteiger partial charge in [0.2, 0.25) is 0 Å². The molecule has 2 amide bonds. The van der Waals surface area contributed by atoms with Crippen LogP contribution in [-0.4, -0.2) is 52.7 Å². The topological polar surface area (TPSA) is 97.4 Å². The van der Waals surface area contributed by atoms with Crippen LogP contribution in [0, 0.1) is 0 Å². The van der Waals surface area contributed by atoms with E-state index >= 15 is 0 Å². The predicted molar refractivity (Wildman–Crippen MR) is 158 cm³/mol. The zero-order chi connectivity index (χ0) is 29.3. The number of carbonyl (C=O) groups is 1. The highest BCUT2D eigenvalue weighted by Gasteiger charge is 2.25. The average molecular weight is 570 g/mol. The number of hydrogen-bond donors (Lipinski definition) is 1. The molecular formula is C30H39N3O6S. The van der Waals surface area contributed by atoms with Gasteiger partial charge in [0.1, 0.15) is 22.1 Å². The van der Waals surface area contributed by atoms with Gasteiger partial charge in [-0.25, -0.2) is 4.79 Å². The smallest absolute Gasteiger partial charge is 0.339 e. The molecule has 0 radical (unpaired) electrons. The lowest BCUT2D eigenvalue weighted by Gasteiger charge is -2.30. The molecule has 1 N–H and O–H groups in total. The van der Waals surface area contributed by atoms with Gasteiger partial charge in [-0.3, -0.25) is 0 Å². The summed E-state index contributed by atoms with van der Waals surface area (Å²) in [6, 6.07) is 18.1. The van der Waals surface area contributed by atoms with Crippen molar-refractivity contribution in [1.82, 2.24) is 4.90 Å². The van der Waals surface area contributed by atoms with Crippen LogP contribution in [0.25, 0.3) is 0 Å². The first-order chi connectivity index (χ1) is 19.2. The van der Waals surface area contributed by atoms with E-state index < -0.39 is 10.1 Å². The summed E-state index contributed by atoms with van der Waals surface area (Å²) < 4.78 is 42.9. The fraction of sp³-hybridized carbons (Fsp3) is 0.367. The number of carbonyl (C=O) groups excluding carboxylic acids is 1. The van der Waals surface area contributed by atoms with Crippen LogP contribution >= 0.6 is 0 Å². The van der Waals surface area contributed by atoms with E-state index in [0.29, 0.717) is 29.2 Å². The van der Waals surface area contributed by atoms with Gasteiger partial charge >= 0.3 is 16.1 Å². The highest BCUT2D eigenvalue weighted by molar-refractivity contribution is 7.87. The lowest BCUT2D eigenvalue weighted by Crippen LogP contribution is -2.40. The summed E-state index contributed by atoms with van der Waals surface area (Å²) >= 11 is 0. The van der Waals surface area contributed by atoms with Crippen LogP contribution in [0.1, 0.15) is 39.7 Å². The lowest BCUT2D eigenvalue weighted by atomic mass is 10.1. The molecule has 0 aliphatic carbocycles. The summed E-state index contributed by atoms with van der Waals surface area (Å²) in [5.41, 5.74) is 1.92. The second kappa shape index (κ2) is 13.9. The molecule has 0 spiro atoms. The summed E-state index contributed by atoms with van der Waals surface area (Å²) in [7, 11) is -1.11. The van der Waals surface area contributed by atoms with Crippen molar-refractivity contribution in [2.45, 2.75) is 51.6 Å². The van der Waals surface area contributed by atoms with Crippen LogP contribution in [-0.2, 0) is 16.7 Å². The predicted octanol–water partition coefficient (Wildman–Crippen LogP) is 6.15. The van der Waals surface area contributed by atoms with Gasteiger partial charge in [-0.1, -0.05) is 25.1 Å². The first-order valence-corrected chi connectivity index (χ1v) is 14.7. The number of methoxy groups -OCH3 is 2. The fourth-order valence-corrected chi connectivity index (χ4v) is 5.17. The highest BCUT2D eigenvalue weighted by atomic mass is 32.2. The van der Waals surface area contributed by atoms with Crippen molar-refractivity contribution in [1.29, 1.82) is 0 Å². The molecule has 0 aromatic heterocycles. The van der Waals surface area contributed by atoms with Gasteiger partial charge in [-0.2, -0.15) is 8.42 Å². The number of nitrogens with one attached hydrogen (secondary N) is 1. The Morgan fingerprint density at radius 2 is 1.57 bits per heavy atom. The number of hydrogen-bond acceptors (Lipinski definition) is 7. The maximum absolute atomic E-state index is 13.5. The Kier molecular flexibility index (Phi) is 10.7. The van der Waals surface area contributed by atoms with E-state index in [1.807, 2.05) is 52.0 Å². The van der Waals surface area contributed by atoms with E-state index in [2.05, 4.69) is 10.2 Å². The van der Waals surface area contributed by atoms with E-state index in [0.717, 1.165) is 18.8 Å². The molecule has 1 atom stereocenters. The molecule has 10 heteroatoms. The third-order valence-corrected chi connectivity index (χ3v) is 8.05. The molecule has 40 heavy (non-hydrogen) atoms. The van der Waals surface area contributed by atoms with E-state index in [4.69, 9.17) is 13.7 Å². The second-order valence-electron chi connectivity index (χ2n) is 9.19. The van der Waals surface area contributed by atoms with Crippen LogP contribution in [0.2, 0.25) is 0 Å². The maximum atomic E-state index is 13.5. The second-order valence-corrected chi connectivity index (χ2v) is 10.7. The van der Waals surface area contributed by atoms with Crippen LogP contribution < -0.4 is 23.9 Å². The van der Waals surface area contributed by atoms with Crippen molar-refractivity contribution >= 4 is 27.5 Å². The van der Waals surface area contributed by atoms with Gasteiger partial charge in [0.15, 0.2) is 0 Å². The molecule has 0 aliphatic rings. The van der Waals surface area contributed by atoms with Gasteiger partial charge in [-0.15, -0.1) is 0 Å². The van der Waals surface area contributed by atoms with Crippen molar-refractivity contribution in [2.75, 3.05) is 37.5 Å².